The monoisotopic (exact) mass is 217 g/mol. The molecule has 2 heteroatoms. The minimum Gasteiger partial charge on any atom is -0.325 e. The van der Waals surface area contributed by atoms with Crippen LogP contribution in [-0.2, 0) is 17.6 Å². The fraction of sp³-hybridized carbons (Fsp3) is 0.500. The van der Waals surface area contributed by atoms with Crippen molar-refractivity contribution in [1.82, 2.24) is 0 Å². The van der Waals surface area contributed by atoms with Gasteiger partial charge in [-0.25, -0.2) is 0 Å². The van der Waals surface area contributed by atoms with E-state index in [4.69, 9.17) is 0 Å². The molecule has 1 aliphatic rings. The second kappa shape index (κ2) is 3.93. The molecule has 16 heavy (non-hydrogen) atoms. The summed E-state index contributed by atoms with van der Waals surface area (Å²) < 4.78 is 0. The van der Waals surface area contributed by atoms with Crippen LogP contribution in [0.15, 0.2) is 18.2 Å². The van der Waals surface area contributed by atoms with Gasteiger partial charge in [-0.1, -0.05) is 32.9 Å². The van der Waals surface area contributed by atoms with Gasteiger partial charge in [-0.15, -0.1) is 0 Å². The van der Waals surface area contributed by atoms with Crippen molar-refractivity contribution in [2.75, 3.05) is 5.32 Å². The van der Waals surface area contributed by atoms with E-state index in [1.54, 1.807) is 0 Å². The average molecular weight is 217 g/mol. The first-order chi connectivity index (χ1) is 7.48. The maximum Gasteiger partial charge on any atom is 0.229 e. The van der Waals surface area contributed by atoms with Crippen LogP contribution in [0.2, 0.25) is 0 Å². The highest BCUT2D eigenvalue weighted by molar-refractivity contribution is 5.95. The summed E-state index contributed by atoms with van der Waals surface area (Å²) in [5.41, 5.74) is 3.41. The van der Waals surface area contributed by atoms with E-state index in [9.17, 15) is 4.79 Å². The van der Waals surface area contributed by atoms with Crippen LogP contribution in [0.25, 0.3) is 0 Å². The van der Waals surface area contributed by atoms with Gasteiger partial charge in [0.1, 0.15) is 0 Å². The van der Waals surface area contributed by atoms with Crippen LogP contribution in [-0.4, -0.2) is 5.91 Å². The van der Waals surface area contributed by atoms with Crippen LogP contribution >= 0.6 is 0 Å². The zero-order chi connectivity index (χ0) is 11.8. The second-order valence-electron chi connectivity index (χ2n) is 5.50. The Hall–Kier alpha value is -1.31. The summed E-state index contributed by atoms with van der Waals surface area (Å²) in [5, 5.41) is 3.04. The summed E-state index contributed by atoms with van der Waals surface area (Å²) in [4.78, 5) is 11.9. The summed E-state index contributed by atoms with van der Waals surface area (Å²) in [6.07, 6.45) is 3.45. The molecule has 1 N–H and O–H groups in total. The predicted octanol–water partition coefficient (Wildman–Crippen LogP) is 3.16. The van der Waals surface area contributed by atoms with Gasteiger partial charge in [0.15, 0.2) is 0 Å². The topological polar surface area (TPSA) is 29.1 Å². The molecule has 0 saturated carbocycles. The lowest BCUT2D eigenvalue weighted by Gasteiger charge is -2.19. The molecule has 0 bridgehead atoms. The predicted molar refractivity (Wildman–Crippen MR) is 66.6 cm³/mol. The normalized spacial score (nSPS) is 14.7. The first kappa shape index (κ1) is 11.2. The van der Waals surface area contributed by atoms with Crippen molar-refractivity contribution in [3.8, 4) is 0 Å². The highest BCUT2D eigenvalue weighted by Crippen LogP contribution is 2.29. The number of carbonyl (C=O) groups excluding carboxylic acids is 1. The molecule has 2 nitrogen and oxygen atoms in total. The van der Waals surface area contributed by atoms with E-state index in [-0.39, 0.29) is 11.3 Å². The standard InChI is InChI=1S/C14H19NO/c1-14(2,3)13(16)15-12-9-5-7-10-6-4-8-11(10)12/h5,7,9H,4,6,8H2,1-3H3,(H,15,16). The van der Waals surface area contributed by atoms with Gasteiger partial charge in [-0.3, -0.25) is 4.79 Å². The Morgan fingerprint density at radius 3 is 2.69 bits per heavy atom. The Kier molecular flexibility index (Phi) is 2.75. The van der Waals surface area contributed by atoms with Gasteiger partial charge in [0.25, 0.3) is 0 Å². The Morgan fingerprint density at radius 1 is 1.25 bits per heavy atom. The van der Waals surface area contributed by atoms with Gasteiger partial charge < -0.3 is 5.32 Å². The third kappa shape index (κ3) is 2.11. The Morgan fingerprint density at radius 2 is 2.00 bits per heavy atom. The fourth-order valence-electron chi connectivity index (χ4n) is 2.05. The summed E-state index contributed by atoms with van der Waals surface area (Å²) in [5.74, 6) is 0.0906. The number of nitrogens with one attached hydrogen (secondary N) is 1. The summed E-state index contributed by atoms with van der Waals surface area (Å²) >= 11 is 0. The molecule has 0 atom stereocenters. The van der Waals surface area contributed by atoms with Crippen molar-refractivity contribution >= 4 is 11.6 Å². The molecule has 0 unspecified atom stereocenters. The smallest absolute Gasteiger partial charge is 0.229 e. The van der Waals surface area contributed by atoms with E-state index >= 15 is 0 Å². The van der Waals surface area contributed by atoms with Crippen molar-refractivity contribution in [3.63, 3.8) is 0 Å². The van der Waals surface area contributed by atoms with Crippen LogP contribution in [0.1, 0.15) is 38.3 Å². The molecule has 1 aliphatic carbocycles. The lowest BCUT2D eigenvalue weighted by Crippen LogP contribution is -2.28. The molecule has 0 radical (unpaired) electrons. The Labute approximate surface area is 97.1 Å². The lowest BCUT2D eigenvalue weighted by atomic mass is 9.95. The number of rotatable bonds is 1. The Bertz CT molecular complexity index is 415. The molecule has 2 rings (SSSR count). The van der Waals surface area contributed by atoms with Crippen molar-refractivity contribution < 1.29 is 4.79 Å². The maximum absolute atomic E-state index is 11.9. The highest BCUT2D eigenvalue weighted by atomic mass is 16.2. The molecular formula is C14H19NO. The number of fused-ring (bicyclic) bond motifs is 1. The molecular weight excluding hydrogens is 198 g/mol. The third-order valence-corrected chi connectivity index (χ3v) is 3.08. The maximum atomic E-state index is 11.9. The minimum atomic E-state index is -0.332. The number of carbonyl (C=O) groups is 1. The van der Waals surface area contributed by atoms with E-state index < -0.39 is 0 Å². The molecule has 86 valence electrons. The van der Waals surface area contributed by atoms with Crippen LogP contribution in [0.5, 0.6) is 0 Å². The molecule has 0 fully saturated rings. The number of anilines is 1. The van der Waals surface area contributed by atoms with E-state index in [2.05, 4.69) is 11.4 Å². The molecule has 1 aromatic carbocycles. The van der Waals surface area contributed by atoms with Crippen molar-refractivity contribution in [3.05, 3.63) is 29.3 Å². The number of benzene rings is 1. The van der Waals surface area contributed by atoms with E-state index in [0.717, 1.165) is 18.5 Å². The van der Waals surface area contributed by atoms with Crippen LogP contribution < -0.4 is 5.32 Å². The Balaban J connectivity index is 2.23. The van der Waals surface area contributed by atoms with Crippen LogP contribution in [0.4, 0.5) is 5.69 Å². The number of hydrogen-bond acceptors (Lipinski definition) is 1. The van der Waals surface area contributed by atoms with Gasteiger partial charge in [-0.2, -0.15) is 0 Å². The number of hydrogen-bond donors (Lipinski definition) is 1. The second-order valence-corrected chi connectivity index (χ2v) is 5.50. The molecule has 1 aromatic rings. The zero-order valence-corrected chi connectivity index (χ0v) is 10.3. The average Bonchev–Trinajstić information content (AvgIpc) is 2.65. The zero-order valence-electron chi connectivity index (χ0n) is 10.3. The first-order valence-electron chi connectivity index (χ1n) is 5.91. The molecule has 1 amide bonds. The minimum absolute atomic E-state index is 0.0906. The SMILES string of the molecule is CC(C)(C)C(=O)Nc1cccc2c1CCC2. The summed E-state index contributed by atoms with van der Waals surface area (Å²) in [6.45, 7) is 5.81. The van der Waals surface area contributed by atoms with E-state index in [1.807, 2.05) is 32.9 Å². The van der Waals surface area contributed by atoms with E-state index in [0.29, 0.717) is 0 Å². The molecule has 0 aliphatic heterocycles. The highest BCUT2D eigenvalue weighted by Gasteiger charge is 2.23. The van der Waals surface area contributed by atoms with E-state index in [1.165, 1.54) is 17.5 Å². The summed E-state index contributed by atoms with van der Waals surface area (Å²) in [6, 6.07) is 6.20. The quantitative estimate of drug-likeness (QED) is 0.769. The van der Waals surface area contributed by atoms with Crippen LogP contribution in [0.3, 0.4) is 0 Å². The largest absolute Gasteiger partial charge is 0.325 e. The lowest BCUT2D eigenvalue weighted by molar-refractivity contribution is -0.123. The fourth-order valence-corrected chi connectivity index (χ4v) is 2.05. The molecule has 0 heterocycles. The van der Waals surface area contributed by atoms with Gasteiger partial charge in [-0.05, 0) is 36.5 Å². The summed E-state index contributed by atoms with van der Waals surface area (Å²) in [7, 11) is 0. The van der Waals surface area contributed by atoms with Crippen molar-refractivity contribution in [1.29, 1.82) is 0 Å². The van der Waals surface area contributed by atoms with Gasteiger partial charge in [0.2, 0.25) is 5.91 Å². The number of amides is 1. The van der Waals surface area contributed by atoms with Gasteiger partial charge in [0, 0.05) is 11.1 Å². The molecule has 0 saturated heterocycles. The molecule has 0 aromatic heterocycles. The van der Waals surface area contributed by atoms with Crippen molar-refractivity contribution in [2.24, 2.45) is 5.41 Å². The van der Waals surface area contributed by atoms with Crippen molar-refractivity contribution in [2.45, 2.75) is 40.0 Å². The molecule has 0 spiro atoms. The van der Waals surface area contributed by atoms with Gasteiger partial charge >= 0.3 is 0 Å². The third-order valence-electron chi connectivity index (χ3n) is 3.08. The number of aryl methyl sites for hydroxylation is 1. The van der Waals surface area contributed by atoms with Gasteiger partial charge in [0.05, 0.1) is 0 Å². The van der Waals surface area contributed by atoms with Crippen LogP contribution in [0, 0.1) is 5.41 Å². The first-order valence-corrected chi connectivity index (χ1v) is 5.91.